The van der Waals surface area contributed by atoms with Gasteiger partial charge in [0.1, 0.15) is 12.4 Å². The normalized spacial score (nSPS) is 12.4. The molecule has 132 valence electrons. The average molecular weight is 345 g/mol. The van der Waals surface area contributed by atoms with Crippen LogP contribution in [0.15, 0.2) is 54.6 Å². The topological polar surface area (TPSA) is 29.5 Å². The molecule has 0 spiro atoms. The van der Waals surface area contributed by atoms with Crippen molar-refractivity contribution in [1.82, 2.24) is 4.90 Å². The Hall–Kier alpha value is -2.81. The number of amides is 1. The van der Waals surface area contributed by atoms with E-state index in [0.717, 1.165) is 29.5 Å². The quantitative estimate of drug-likeness (QED) is 0.686. The van der Waals surface area contributed by atoms with Gasteiger partial charge in [0.15, 0.2) is 0 Å². The van der Waals surface area contributed by atoms with Crippen LogP contribution in [0.1, 0.15) is 27.0 Å². The van der Waals surface area contributed by atoms with Crippen LogP contribution >= 0.6 is 0 Å². The molecule has 3 aromatic carbocycles. The zero-order chi connectivity index (χ0) is 18.1. The van der Waals surface area contributed by atoms with E-state index >= 15 is 0 Å². The summed E-state index contributed by atoms with van der Waals surface area (Å²) in [6, 6.07) is 18.4. The molecule has 0 heterocycles. The number of likely N-dealkylation sites (N-methyl/N-ethyl adjacent to an activating group) is 1. The lowest BCUT2D eigenvalue weighted by atomic mass is 9.99. The summed E-state index contributed by atoms with van der Waals surface area (Å²) in [5.41, 5.74) is 4.67. The van der Waals surface area contributed by atoms with Gasteiger partial charge in [0.25, 0.3) is 5.91 Å². The molecule has 0 fully saturated rings. The van der Waals surface area contributed by atoms with Crippen molar-refractivity contribution in [2.75, 3.05) is 20.2 Å². The number of carbonyl (C=O) groups excluding carboxylic acids is 1. The zero-order valence-corrected chi connectivity index (χ0v) is 15.3. The number of rotatable bonds is 5. The number of carbonyl (C=O) groups is 1. The summed E-state index contributed by atoms with van der Waals surface area (Å²) >= 11 is 0. The van der Waals surface area contributed by atoms with Gasteiger partial charge in [-0.3, -0.25) is 4.79 Å². The van der Waals surface area contributed by atoms with Crippen molar-refractivity contribution in [3.8, 4) is 5.75 Å². The first kappa shape index (κ1) is 16.6. The highest BCUT2D eigenvalue weighted by molar-refractivity contribution is 6.09. The molecule has 0 saturated carbocycles. The van der Waals surface area contributed by atoms with E-state index in [2.05, 4.69) is 24.3 Å². The van der Waals surface area contributed by atoms with Crippen LogP contribution in [0.5, 0.6) is 5.75 Å². The van der Waals surface area contributed by atoms with Crippen LogP contribution in [0.3, 0.4) is 0 Å². The molecule has 0 radical (unpaired) electrons. The van der Waals surface area contributed by atoms with Crippen LogP contribution in [-0.4, -0.2) is 31.0 Å². The third kappa shape index (κ3) is 3.05. The molecule has 0 N–H and O–H groups in total. The van der Waals surface area contributed by atoms with Crippen LogP contribution in [0.4, 0.5) is 0 Å². The second kappa shape index (κ2) is 6.83. The third-order valence-corrected chi connectivity index (χ3v) is 5.14. The molecule has 0 bridgehead atoms. The maximum absolute atomic E-state index is 13.0. The summed E-state index contributed by atoms with van der Waals surface area (Å²) in [7, 11) is 1.84. The molecule has 1 amide bonds. The Balaban J connectivity index is 1.48. The molecular formula is C23H23NO2. The molecule has 1 aliphatic rings. The van der Waals surface area contributed by atoms with Gasteiger partial charge in [0, 0.05) is 12.6 Å². The highest BCUT2D eigenvalue weighted by Gasteiger charge is 2.20. The van der Waals surface area contributed by atoms with Gasteiger partial charge >= 0.3 is 0 Å². The Morgan fingerprint density at radius 1 is 1.04 bits per heavy atom. The first-order valence-electron chi connectivity index (χ1n) is 9.12. The van der Waals surface area contributed by atoms with Crippen LogP contribution < -0.4 is 4.74 Å². The Kier molecular flexibility index (Phi) is 4.37. The number of benzene rings is 3. The fourth-order valence-electron chi connectivity index (χ4n) is 3.75. The Bertz CT molecular complexity index is 967. The van der Waals surface area contributed by atoms with Crippen LogP contribution in [-0.2, 0) is 12.8 Å². The van der Waals surface area contributed by atoms with Gasteiger partial charge in [-0.05, 0) is 65.4 Å². The van der Waals surface area contributed by atoms with E-state index < -0.39 is 0 Å². The molecule has 3 nitrogen and oxygen atoms in total. The van der Waals surface area contributed by atoms with Crippen molar-refractivity contribution in [2.45, 2.75) is 19.8 Å². The molecule has 0 aromatic heterocycles. The van der Waals surface area contributed by atoms with Gasteiger partial charge in [-0.2, -0.15) is 0 Å². The van der Waals surface area contributed by atoms with Gasteiger partial charge < -0.3 is 9.64 Å². The van der Waals surface area contributed by atoms with Crippen LogP contribution in [0, 0.1) is 6.92 Å². The van der Waals surface area contributed by atoms with Gasteiger partial charge in [-0.25, -0.2) is 0 Å². The highest BCUT2D eigenvalue weighted by atomic mass is 16.5. The fraction of sp³-hybridized carbons (Fsp3) is 0.261. The molecule has 0 unspecified atom stereocenters. The van der Waals surface area contributed by atoms with E-state index in [0.29, 0.717) is 13.2 Å². The number of nitrogens with zero attached hydrogens (tertiary/aromatic N) is 1. The van der Waals surface area contributed by atoms with Crippen molar-refractivity contribution in [2.24, 2.45) is 0 Å². The minimum Gasteiger partial charge on any atom is -0.492 e. The van der Waals surface area contributed by atoms with E-state index in [-0.39, 0.29) is 5.91 Å². The fourth-order valence-corrected chi connectivity index (χ4v) is 3.75. The summed E-state index contributed by atoms with van der Waals surface area (Å²) in [4.78, 5) is 14.7. The van der Waals surface area contributed by atoms with Gasteiger partial charge in [0.2, 0.25) is 0 Å². The zero-order valence-electron chi connectivity index (χ0n) is 15.3. The van der Waals surface area contributed by atoms with E-state index in [1.54, 1.807) is 4.90 Å². The van der Waals surface area contributed by atoms with E-state index in [4.69, 9.17) is 4.74 Å². The smallest absolute Gasteiger partial charge is 0.254 e. The molecule has 0 atom stereocenters. The van der Waals surface area contributed by atoms with Gasteiger partial charge in [0.05, 0.1) is 6.54 Å². The maximum Gasteiger partial charge on any atom is 0.254 e. The lowest BCUT2D eigenvalue weighted by molar-refractivity contribution is 0.0775. The van der Waals surface area contributed by atoms with E-state index in [1.165, 1.54) is 22.1 Å². The number of hydrogen-bond acceptors (Lipinski definition) is 2. The number of hydrogen-bond donors (Lipinski definition) is 0. The summed E-state index contributed by atoms with van der Waals surface area (Å²) in [6.07, 6.45) is 2.15. The molecule has 3 heteroatoms. The van der Waals surface area contributed by atoms with E-state index in [1.807, 2.05) is 44.3 Å². The summed E-state index contributed by atoms with van der Waals surface area (Å²) in [5, 5.41) is 2.36. The minimum absolute atomic E-state index is 0.0495. The SMILES string of the molecule is Cc1cccc(OCCN(C)C(=O)c2ccc3c4c(cccc24)CC3)c1. The lowest BCUT2D eigenvalue weighted by Gasteiger charge is -2.19. The number of ether oxygens (including phenoxy) is 1. The Morgan fingerprint density at radius 3 is 2.62 bits per heavy atom. The van der Waals surface area contributed by atoms with Crippen molar-refractivity contribution < 1.29 is 9.53 Å². The van der Waals surface area contributed by atoms with Crippen molar-refractivity contribution >= 4 is 16.7 Å². The predicted octanol–water partition coefficient (Wildman–Crippen LogP) is 4.40. The lowest BCUT2D eigenvalue weighted by Crippen LogP contribution is -2.31. The number of aryl methyl sites for hydroxylation is 3. The first-order chi connectivity index (χ1) is 12.6. The van der Waals surface area contributed by atoms with Crippen LogP contribution in [0.2, 0.25) is 0 Å². The van der Waals surface area contributed by atoms with Crippen molar-refractivity contribution in [3.63, 3.8) is 0 Å². The first-order valence-corrected chi connectivity index (χ1v) is 9.12. The van der Waals surface area contributed by atoms with Crippen LogP contribution in [0.25, 0.3) is 10.8 Å². The highest BCUT2D eigenvalue weighted by Crippen LogP contribution is 2.33. The molecule has 3 aromatic rings. The standard InChI is InChI=1S/C23H23NO2/c1-16-5-3-7-19(15-16)26-14-13-24(2)23(25)21-12-11-18-10-9-17-6-4-8-20(21)22(17)18/h3-8,11-12,15H,9-10,13-14H2,1-2H3. The van der Waals surface area contributed by atoms with E-state index in [9.17, 15) is 4.79 Å². The van der Waals surface area contributed by atoms with Crippen molar-refractivity contribution in [1.29, 1.82) is 0 Å². The van der Waals surface area contributed by atoms with Crippen molar-refractivity contribution in [3.05, 3.63) is 76.9 Å². The maximum atomic E-state index is 13.0. The third-order valence-electron chi connectivity index (χ3n) is 5.14. The summed E-state index contributed by atoms with van der Waals surface area (Å²) < 4.78 is 5.79. The largest absolute Gasteiger partial charge is 0.492 e. The van der Waals surface area contributed by atoms with Gasteiger partial charge in [-0.1, -0.05) is 36.4 Å². The molecular weight excluding hydrogens is 322 g/mol. The minimum atomic E-state index is 0.0495. The molecule has 4 rings (SSSR count). The molecule has 26 heavy (non-hydrogen) atoms. The Labute approximate surface area is 154 Å². The molecule has 0 aliphatic heterocycles. The molecule has 1 aliphatic carbocycles. The second-order valence-electron chi connectivity index (χ2n) is 7.00. The van der Waals surface area contributed by atoms with Gasteiger partial charge in [-0.15, -0.1) is 0 Å². The summed E-state index contributed by atoms with van der Waals surface area (Å²) in [5.74, 6) is 0.893. The Morgan fingerprint density at radius 2 is 1.81 bits per heavy atom. The predicted molar refractivity (Wildman–Crippen MR) is 105 cm³/mol. The monoisotopic (exact) mass is 345 g/mol. The summed E-state index contributed by atoms with van der Waals surface area (Å²) in [6.45, 7) is 3.07. The average Bonchev–Trinajstić information content (AvgIpc) is 3.07. The second-order valence-corrected chi connectivity index (χ2v) is 7.00. The molecule has 0 saturated heterocycles.